The van der Waals surface area contributed by atoms with Crippen LogP contribution in [0.25, 0.3) is 0 Å². The zero-order valence-electron chi connectivity index (χ0n) is 8.85. The number of nitrogens with one attached hydrogen (secondary N) is 1. The number of hydrogen-bond acceptors (Lipinski definition) is 3. The molecule has 1 amide bonds. The van der Waals surface area contributed by atoms with E-state index in [-0.39, 0.29) is 5.91 Å². The number of anilines is 2. The first-order chi connectivity index (χ1) is 8.16. The maximum absolute atomic E-state index is 11.9. The highest BCUT2D eigenvalue weighted by atomic mass is 127. The van der Waals surface area contributed by atoms with Gasteiger partial charge in [0, 0.05) is 15.3 Å². The van der Waals surface area contributed by atoms with E-state index in [0.29, 0.717) is 16.9 Å². The van der Waals surface area contributed by atoms with Gasteiger partial charge in [-0.2, -0.15) is 0 Å². The molecule has 0 saturated heterocycles. The van der Waals surface area contributed by atoms with Crippen LogP contribution in [0.3, 0.4) is 0 Å². The van der Waals surface area contributed by atoms with Gasteiger partial charge in [0.15, 0.2) is 0 Å². The fourth-order valence-electron chi connectivity index (χ4n) is 1.32. The molecule has 86 valence electrons. The first kappa shape index (κ1) is 11.8. The van der Waals surface area contributed by atoms with E-state index in [2.05, 4.69) is 32.9 Å². The van der Waals surface area contributed by atoms with Gasteiger partial charge in [0.25, 0.3) is 5.91 Å². The summed E-state index contributed by atoms with van der Waals surface area (Å²) in [7, 11) is 0. The van der Waals surface area contributed by atoms with Gasteiger partial charge in [0.05, 0.1) is 17.6 Å². The summed E-state index contributed by atoms with van der Waals surface area (Å²) in [5, 5.41) is 2.74. The van der Waals surface area contributed by atoms with Crippen molar-refractivity contribution in [2.45, 2.75) is 0 Å². The Kier molecular flexibility index (Phi) is 3.58. The van der Waals surface area contributed by atoms with Gasteiger partial charge in [-0.1, -0.05) is 0 Å². The molecule has 1 heterocycles. The van der Waals surface area contributed by atoms with Gasteiger partial charge < -0.3 is 11.1 Å². The minimum absolute atomic E-state index is 0.181. The molecular formula is C12H10IN3O. The van der Waals surface area contributed by atoms with E-state index in [4.69, 9.17) is 5.73 Å². The first-order valence-electron chi connectivity index (χ1n) is 4.93. The van der Waals surface area contributed by atoms with Crippen LogP contribution in [-0.2, 0) is 0 Å². The van der Waals surface area contributed by atoms with Gasteiger partial charge in [-0.05, 0) is 52.9 Å². The Balaban J connectivity index is 2.17. The van der Waals surface area contributed by atoms with Crippen LogP contribution in [0.1, 0.15) is 10.4 Å². The topological polar surface area (TPSA) is 68.0 Å². The molecule has 1 aromatic heterocycles. The van der Waals surface area contributed by atoms with E-state index in [1.807, 2.05) is 12.1 Å². The number of hydrogen-bond donors (Lipinski definition) is 2. The second-order valence-corrected chi connectivity index (χ2v) is 4.67. The minimum Gasteiger partial charge on any atom is -0.396 e. The van der Waals surface area contributed by atoms with Crippen LogP contribution in [-0.4, -0.2) is 10.9 Å². The molecule has 2 rings (SSSR count). The summed E-state index contributed by atoms with van der Waals surface area (Å²) in [4.78, 5) is 15.7. The van der Waals surface area contributed by atoms with Gasteiger partial charge in [0.1, 0.15) is 0 Å². The Hall–Kier alpha value is -1.63. The summed E-state index contributed by atoms with van der Waals surface area (Å²) in [5.74, 6) is -0.181. The van der Waals surface area contributed by atoms with E-state index in [1.165, 1.54) is 6.20 Å². The van der Waals surface area contributed by atoms with Crippen LogP contribution < -0.4 is 11.1 Å². The van der Waals surface area contributed by atoms with Crippen molar-refractivity contribution in [1.82, 2.24) is 4.98 Å². The molecular weight excluding hydrogens is 329 g/mol. The molecule has 5 heteroatoms. The number of pyridine rings is 1. The van der Waals surface area contributed by atoms with E-state index >= 15 is 0 Å². The van der Waals surface area contributed by atoms with Gasteiger partial charge in [-0.3, -0.25) is 9.78 Å². The number of rotatable bonds is 2. The number of carbonyl (C=O) groups is 1. The van der Waals surface area contributed by atoms with E-state index in [1.54, 1.807) is 24.4 Å². The van der Waals surface area contributed by atoms with Crippen molar-refractivity contribution >= 4 is 39.9 Å². The van der Waals surface area contributed by atoms with Gasteiger partial charge in [-0.15, -0.1) is 0 Å². The van der Waals surface area contributed by atoms with Crippen LogP contribution in [0.5, 0.6) is 0 Å². The Morgan fingerprint density at radius 1 is 1.24 bits per heavy atom. The molecule has 0 saturated carbocycles. The van der Waals surface area contributed by atoms with E-state index in [0.717, 1.165) is 3.57 Å². The molecule has 0 unspecified atom stereocenters. The molecule has 4 nitrogen and oxygen atoms in total. The van der Waals surface area contributed by atoms with Gasteiger partial charge >= 0.3 is 0 Å². The molecule has 3 N–H and O–H groups in total. The lowest BCUT2D eigenvalue weighted by molar-refractivity contribution is 0.102. The molecule has 2 aromatic rings. The van der Waals surface area contributed by atoms with Crippen molar-refractivity contribution in [2.24, 2.45) is 0 Å². The summed E-state index contributed by atoms with van der Waals surface area (Å²) in [5.41, 5.74) is 7.31. The SMILES string of the molecule is Nc1cnccc1NC(=O)c1ccc(I)cc1. The molecule has 17 heavy (non-hydrogen) atoms. The number of carbonyl (C=O) groups excluding carboxylic acids is 1. The standard InChI is InChI=1S/C12H10IN3O/c13-9-3-1-8(2-4-9)12(17)16-11-5-6-15-7-10(11)14/h1-7H,14H2,(H,15,16,17). The van der Waals surface area contributed by atoms with Crippen LogP contribution in [0.2, 0.25) is 0 Å². The fourth-order valence-corrected chi connectivity index (χ4v) is 1.68. The second-order valence-electron chi connectivity index (χ2n) is 3.42. The second kappa shape index (κ2) is 5.13. The average Bonchev–Trinajstić information content (AvgIpc) is 2.33. The maximum Gasteiger partial charge on any atom is 0.255 e. The van der Waals surface area contributed by atoms with Crippen molar-refractivity contribution in [3.05, 3.63) is 51.9 Å². The fraction of sp³-hybridized carbons (Fsp3) is 0. The van der Waals surface area contributed by atoms with Gasteiger partial charge in [-0.25, -0.2) is 0 Å². The van der Waals surface area contributed by atoms with Crippen molar-refractivity contribution in [3.8, 4) is 0 Å². The highest BCUT2D eigenvalue weighted by Gasteiger charge is 2.07. The molecule has 0 aliphatic carbocycles. The van der Waals surface area contributed by atoms with Crippen LogP contribution in [0.15, 0.2) is 42.7 Å². The largest absolute Gasteiger partial charge is 0.396 e. The lowest BCUT2D eigenvalue weighted by atomic mass is 10.2. The van der Waals surface area contributed by atoms with E-state index in [9.17, 15) is 4.79 Å². The minimum atomic E-state index is -0.181. The zero-order valence-corrected chi connectivity index (χ0v) is 11.0. The zero-order chi connectivity index (χ0) is 12.3. The molecule has 0 aliphatic heterocycles. The monoisotopic (exact) mass is 339 g/mol. The Bertz CT molecular complexity index is 540. The molecule has 0 fully saturated rings. The molecule has 0 aliphatic rings. The number of nitrogens with two attached hydrogens (primary N) is 1. The van der Waals surface area contributed by atoms with Gasteiger partial charge in [0.2, 0.25) is 0 Å². The number of nitrogen functional groups attached to an aromatic ring is 1. The summed E-state index contributed by atoms with van der Waals surface area (Å²) in [6.45, 7) is 0. The van der Waals surface area contributed by atoms with Crippen LogP contribution in [0, 0.1) is 3.57 Å². The smallest absolute Gasteiger partial charge is 0.255 e. The number of amides is 1. The molecule has 0 spiro atoms. The number of benzene rings is 1. The predicted molar refractivity (Wildman–Crippen MR) is 75.8 cm³/mol. The quantitative estimate of drug-likeness (QED) is 0.827. The number of aromatic nitrogens is 1. The average molecular weight is 339 g/mol. The van der Waals surface area contributed by atoms with Crippen molar-refractivity contribution in [1.29, 1.82) is 0 Å². The third-order valence-corrected chi connectivity index (χ3v) is 2.93. The van der Waals surface area contributed by atoms with Crippen molar-refractivity contribution in [2.75, 3.05) is 11.1 Å². The summed E-state index contributed by atoms with van der Waals surface area (Å²) >= 11 is 2.19. The predicted octanol–water partition coefficient (Wildman–Crippen LogP) is 2.52. The third kappa shape index (κ3) is 2.94. The molecule has 1 aromatic carbocycles. The number of nitrogens with zero attached hydrogens (tertiary/aromatic N) is 1. The van der Waals surface area contributed by atoms with E-state index < -0.39 is 0 Å². The Morgan fingerprint density at radius 2 is 1.94 bits per heavy atom. The lowest BCUT2D eigenvalue weighted by Gasteiger charge is -2.07. The van der Waals surface area contributed by atoms with Crippen LogP contribution in [0.4, 0.5) is 11.4 Å². The summed E-state index contributed by atoms with van der Waals surface area (Å²) in [6.07, 6.45) is 3.09. The summed E-state index contributed by atoms with van der Waals surface area (Å²) in [6, 6.07) is 8.97. The highest BCUT2D eigenvalue weighted by molar-refractivity contribution is 14.1. The Morgan fingerprint density at radius 3 is 2.59 bits per heavy atom. The number of halogens is 1. The molecule has 0 radical (unpaired) electrons. The lowest BCUT2D eigenvalue weighted by Crippen LogP contribution is -2.13. The Labute approximate surface area is 112 Å². The maximum atomic E-state index is 11.9. The highest BCUT2D eigenvalue weighted by Crippen LogP contribution is 2.16. The third-order valence-electron chi connectivity index (χ3n) is 2.21. The molecule has 0 bridgehead atoms. The van der Waals surface area contributed by atoms with Crippen molar-refractivity contribution < 1.29 is 4.79 Å². The normalized spacial score (nSPS) is 9.94. The molecule has 0 atom stereocenters. The first-order valence-corrected chi connectivity index (χ1v) is 6.01. The van der Waals surface area contributed by atoms with Crippen molar-refractivity contribution in [3.63, 3.8) is 0 Å². The van der Waals surface area contributed by atoms with Crippen LogP contribution >= 0.6 is 22.6 Å². The summed E-state index contributed by atoms with van der Waals surface area (Å²) < 4.78 is 1.09.